The van der Waals surface area contributed by atoms with E-state index in [9.17, 15) is 0 Å². The molecule has 3 aliphatic rings. The molecule has 1 aromatic carbocycles. The van der Waals surface area contributed by atoms with Gasteiger partial charge in [-0.15, -0.1) is 0 Å². The number of hydrogen-bond acceptors (Lipinski definition) is 5. The van der Waals surface area contributed by atoms with Crippen LogP contribution in [0.5, 0.6) is 0 Å². The molecule has 180 valence electrons. The maximum atomic E-state index is 6.78. The van der Waals surface area contributed by atoms with Crippen LogP contribution >= 0.6 is 23.2 Å². The van der Waals surface area contributed by atoms with Gasteiger partial charge in [0.2, 0.25) is 5.95 Å². The predicted octanol–water partition coefficient (Wildman–Crippen LogP) is 5.04. The Balaban J connectivity index is 1.27. The molecule has 0 radical (unpaired) electrons. The van der Waals surface area contributed by atoms with Crippen LogP contribution < -0.4 is 10.6 Å². The molecule has 2 aliphatic heterocycles. The van der Waals surface area contributed by atoms with Crippen LogP contribution in [0, 0.1) is 18.3 Å². The molecule has 0 amide bonds. The number of nitrogens with zero attached hydrogens (tertiary/aromatic N) is 5. The van der Waals surface area contributed by atoms with Gasteiger partial charge in [-0.2, -0.15) is 0 Å². The minimum Gasteiger partial charge on any atom is -0.342 e. The summed E-state index contributed by atoms with van der Waals surface area (Å²) in [5, 5.41) is 1.07. The summed E-state index contributed by atoms with van der Waals surface area (Å²) in [5.41, 5.74) is 10.6. The Morgan fingerprint density at radius 1 is 1.15 bits per heavy atom. The molecule has 4 heterocycles. The number of rotatable bonds is 3. The number of likely N-dealkylation sites (tertiary alicyclic amines) is 1. The van der Waals surface area contributed by atoms with E-state index in [1.807, 2.05) is 31.5 Å². The highest BCUT2D eigenvalue weighted by molar-refractivity contribution is 6.43. The summed E-state index contributed by atoms with van der Waals surface area (Å²) in [5.74, 6) is 1.78. The fourth-order valence-corrected chi connectivity index (χ4v) is 7.00. The minimum atomic E-state index is 0.261. The fourth-order valence-electron chi connectivity index (χ4n) is 6.60. The Hall–Kier alpha value is -1.86. The number of nitrogens with two attached hydrogens (primary N) is 1. The van der Waals surface area contributed by atoms with E-state index in [1.54, 1.807) is 6.07 Å². The van der Waals surface area contributed by atoms with E-state index in [0.717, 1.165) is 66.7 Å². The molecule has 1 spiro atoms. The number of piperidine rings is 1. The Morgan fingerprint density at radius 2 is 1.91 bits per heavy atom. The molecule has 3 fully saturated rings. The smallest absolute Gasteiger partial charge is 0.211 e. The maximum Gasteiger partial charge on any atom is 0.211 e. The van der Waals surface area contributed by atoms with E-state index >= 15 is 0 Å². The number of benzene rings is 1. The third kappa shape index (κ3) is 3.53. The summed E-state index contributed by atoms with van der Waals surface area (Å²) in [7, 11) is 0. The highest BCUT2D eigenvalue weighted by atomic mass is 35.5. The lowest BCUT2D eigenvalue weighted by Crippen LogP contribution is -2.50. The van der Waals surface area contributed by atoms with Crippen molar-refractivity contribution in [3.63, 3.8) is 0 Å². The fraction of sp³-hybridized carbons (Fsp3) is 0.538. The zero-order valence-corrected chi connectivity index (χ0v) is 21.4. The number of halogens is 2. The van der Waals surface area contributed by atoms with Crippen molar-refractivity contribution in [2.75, 3.05) is 31.1 Å². The molecule has 3 aromatic rings. The minimum absolute atomic E-state index is 0.261. The normalized spacial score (nSPS) is 25.4. The Labute approximate surface area is 211 Å². The van der Waals surface area contributed by atoms with Gasteiger partial charge in [0.25, 0.3) is 0 Å². The Bertz CT molecular complexity index is 1230. The van der Waals surface area contributed by atoms with Crippen LogP contribution in [0.4, 0.5) is 5.95 Å². The topological polar surface area (TPSA) is 62.7 Å². The van der Waals surface area contributed by atoms with Crippen LogP contribution in [0.15, 0.2) is 30.6 Å². The average molecular weight is 499 g/mol. The van der Waals surface area contributed by atoms with Gasteiger partial charge < -0.3 is 10.6 Å². The van der Waals surface area contributed by atoms with Crippen molar-refractivity contribution < 1.29 is 0 Å². The second-order valence-corrected chi connectivity index (χ2v) is 11.5. The van der Waals surface area contributed by atoms with Crippen molar-refractivity contribution in [3.8, 4) is 11.1 Å². The standard InChI is InChI=1S/C26H32Cl2N6/c1-16-14-33(15-16)18-12-21(29)26(13-18)6-9-32(10-7-26)25-31-17(2)22(24-30-8-11-34(24)25)19-4-3-5-20(27)23(19)28/h3-5,8,11,16,18,21H,6-7,9-10,12-15,29H2,1-2H3/t18?,21-/m1/s1. The molecule has 2 N–H and O–H groups in total. The molecule has 34 heavy (non-hydrogen) atoms. The van der Waals surface area contributed by atoms with Crippen LogP contribution in [0.2, 0.25) is 10.0 Å². The van der Waals surface area contributed by atoms with Crippen molar-refractivity contribution in [3.05, 3.63) is 46.3 Å². The molecular weight excluding hydrogens is 467 g/mol. The van der Waals surface area contributed by atoms with Crippen molar-refractivity contribution in [1.29, 1.82) is 0 Å². The van der Waals surface area contributed by atoms with Gasteiger partial charge in [0.15, 0.2) is 0 Å². The van der Waals surface area contributed by atoms with Gasteiger partial charge in [0, 0.05) is 61.8 Å². The second kappa shape index (κ2) is 8.37. The van der Waals surface area contributed by atoms with Crippen LogP contribution in [0.1, 0.15) is 38.3 Å². The first-order chi connectivity index (χ1) is 16.4. The quantitative estimate of drug-likeness (QED) is 0.547. The third-order valence-electron chi connectivity index (χ3n) is 8.54. The summed E-state index contributed by atoms with van der Waals surface area (Å²) in [6.45, 7) is 8.79. The summed E-state index contributed by atoms with van der Waals surface area (Å²) in [6.07, 6.45) is 8.45. The van der Waals surface area contributed by atoms with Crippen LogP contribution in [-0.4, -0.2) is 57.5 Å². The first-order valence-electron chi connectivity index (χ1n) is 12.4. The van der Waals surface area contributed by atoms with Gasteiger partial charge in [-0.1, -0.05) is 42.3 Å². The second-order valence-electron chi connectivity index (χ2n) is 10.7. The van der Waals surface area contributed by atoms with E-state index in [4.69, 9.17) is 33.9 Å². The average Bonchev–Trinajstić information content (AvgIpc) is 3.39. The third-order valence-corrected chi connectivity index (χ3v) is 9.35. The molecule has 6 nitrogen and oxygen atoms in total. The molecule has 8 heteroatoms. The van der Waals surface area contributed by atoms with Crippen molar-refractivity contribution >= 4 is 34.8 Å². The Morgan fingerprint density at radius 3 is 2.65 bits per heavy atom. The highest BCUT2D eigenvalue weighted by Gasteiger charge is 2.49. The summed E-state index contributed by atoms with van der Waals surface area (Å²) in [6, 6.07) is 6.66. The molecule has 2 aromatic heterocycles. The van der Waals surface area contributed by atoms with Gasteiger partial charge >= 0.3 is 0 Å². The van der Waals surface area contributed by atoms with Gasteiger partial charge in [-0.05, 0) is 50.0 Å². The number of aromatic nitrogens is 3. The maximum absolute atomic E-state index is 6.78. The predicted molar refractivity (Wildman–Crippen MR) is 139 cm³/mol. The lowest BCUT2D eigenvalue weighted by molar-refractivity contribution is 0.0560. The van der Waals surface area contributed by atoms with Crippen LogP contribution in [0.3, 0.4) is 0 Å². The molecule has 2 saturated heterocycles. The van der Waals surface area contributed by atoms with E-state index in [-0.39, 0.29) is 5.41 Å². The molecule has 0 bridgehead atoms. The van der Waals surface area contributed by atoms with E-state index in [1.165, 1.54) is 19.5 Å². The first-order valence-corrected chi connectivity index (χ1v) is 13.1. The van der Waals surface area contributed by atoms with Gasteiger partial charge in [-0.25, -0.2) is 9.97 Å². The molecule has 1 saturated carbocycles. The number of anilines is 1. The number of fused-ring (bicyclic) bond motifs is 1. The highest BCUT2D eigenvalue weighted by Crippen LogP contribution is 2.48. The largest absolute Gasteiger partial charge is 0.342 e. The molecule has 6 rings (SSSR count). The first kappa shape index (κ1) is 22.6. The van der Waals surface area contributed by atoms with Crippen LogP contribution in [-0.2, 0) is 0 Å². The van der Waals surface area contributed by atoms with Gasteiger partial charge in [-0.3, -0.25) is 9.30 Å². The number of aryl methyl sites for hydroxylation is 1. The van der Waals surface area contributed by atoms with E-state index in [0.29, 0.717) is 22.1 Å². The van der Waals surface area contributed by atoms with Crippen molar-refractivity contribution in [2.45, 2.75) is 51.6 Å². The zero-order chi connectivity index (χ0) is 23.6. The molecular formula is C26H32Cl2N6. The number of hydrogen-bond donors (Lipinski definition) is 1. The van der Waals surface area contributed by atoms with Crippen LogP contribution in [0.25, 0.3) is 16.8 Å². The van der Waals surface area contributed by atoms with Crippen molar-refractivity contribution in [1.82, 2.24) is 19.3 Å². The summed E-state index contributed by atoms with van der Waals surface area (Å²) < 4.78 is 2.09. The van der Waals surface area contributed by atoms with E-state index < -0.39 is 0 Å². The SMILES string of the molecule is Cc1nc(N2CCC3(CC2)CC(N2CC(C)C2)C[C@H]3N)n2ccnc2c1-c1cccc(Cl)c1Cl. The number of imidazole rings is 1. The molecule has 2 atom stereocenters. The van der Waals surface area contributed by atoms with Gasteiger partial charge in [0.1, 0.15) is 5.65 Å². The lowest BCUT2D eigenvalue weighted by Gasteiger charge is -2.44. The molecule has 1 unspecified atom stereocenters. The van der Waals surface area contributed by atoms with E-state index in [2.05, 4.69) is 26.1 Å². The Kier molecular flexibility index (Phi) is 5.56. The monoisotopic (exact) mass is 498 g/mol. The lowest BCUT2D eigenvalue weighted by atomic mass is 9.74. The summed E-state index contributed by atoms with van der Waals surface area (Å²) >= 11 is 12.9. The van der Waals surface area contributed by atoms with Crippen molar-refractivity contribution in [2.24, 2.45) is 17.1 Å². The zero-order valence-electron chi connectivity index (χ0n) is 19.8. The summed E-state index contributed by atoms with van der Waals surface area (Å²) in [4.78, 5) is 14.8. The molecule has 1 aliphatic carbocycles. The van der Waals surface area contributed by atoms with Gasteiger partial charge in [0.05, 0.1) is 15.7 Å².